The number of carbonyl (C=O) groups excluding carboxylic acids is 1. The number of unbranched alkanes of at least 4 members (excludes halogenated alkanes) is 1. The molecule has 0 unspecified atom stereocenters. The van der Waals surface area contributed by atoms with E-state index in [1.54, 1.807) is 0 Å². The molecule has 28 heavy (non-hydrogen) atoms. The van der Waals surface area contributed by atoms with Gasteiger partial charge in [-0.2, -0.15) is 0 Å². The predicted octanol–water partition coefficient (Wildman–Crippen LogP) is 2.51. The minimum atomic E-state index is -0.700. The number of halogens is 1. The second-order valence-corrected chi connectivity index (χ2v) is 6.37. The molecular formula is C20H25FN4O3. The number of aromatic nitrogens is 2. The van der Waals surface area contributed by atoms with Crippen molar-refractivity contribution in [2.24, 2.45) is 0 Å². The number of anilines is 2. The van der Waals surface area contributed by atoms with Gasteiger partial charge in [0.05, 0.1) is 0 Å². The Morgan fingerprint density at radius 1 is 1.21 bits per heavy atom. The number of H-pyrrole nitrogens is 1. The Bertz CT molecular complexity index is 961. The van der Waals surface area contributed by atoms with Crippen LogP contribution in [0.1, 0.15) is 38.7 Å². The number of amides is 1. The largest absolute Gasteiger partial charge is 0.383 e. The number of nitrogens with two attached hydrogens (primary N) is 1. The van der Waals surface area contributed by atoms with Crippen LogP contribution < -0.4 is 21.9 Å². The summed E-state index contributed by atoms with van der Waals surface area (Å²) in [7, 11) is 0. The number of nitrogens with one attached hydrogen (secondary N) is 1. The van der Waals surface area contributed by atoms with Crippen LogP contribution in [-0.4, -0.2) is 22.0 Å². The third-order valence-electron chi connectivity index (χ3n) is 4.22. The van der Waals surface area contributed by atoms with Crippen molar-refractivity contribution in [2.75, 3.05) is 17.2 Å². The van der Waals surface area contributed by atoms with Gasteiger partial charge in [-0.3, -0.25) is 19.1 Å². The lowest BCUT2D eigenvalue weighted by atomic mass is 10.2. The molecule has 0 saturated carbocycles. The van der Waals surface area contributed by atoms with Crippen molar-refractivity contribution in [3.8, 4) is 0 Å². The first-order valence-corrected chi connectivity index (χ1v) is 9.26. The third kappa shape index (κ3) is 4.97. The van der Waals surface area contributed by atoms with E-state index >= 15 is 0 Å². The minimum absolute atomic E-state index is 0.0322. The van der Waals surface area contributed by atoms with E-state index in [1.165, 1.54) is 45.9 Å². The molecule has 2 rings (SSSR count). The van der Waals surface area contributed by atoms with E-state index < -0.39 is 17.2 Å². The molecule has 0 radical (unpaired) electrons. The van der Waals surface area contributed by atoms with Gasteiger partial charge in [0, 0.05) is 19.2 Å². The summed E-state index contributed by atoms with van der Waals surface area (Å²) in [6.07, 6.45) is 4.94. The van der Waals surface area contributed by atoms with E-state index in [0.717, 1.165) is 6.42 Å². The number of rotatable bonds is 8. The summed E-state index contributed by atoms with van der Waals surface area (Å²) in [5.41, 5.74) is 5.40. The fourth-order valence-electron chi connectivity index (χ4n) is 2.76. The number of aromatic amines is 1. The second kappa shape index (κ2) is 9.68. The Kier molecular flexibility index (Phi) is 7.31. The summed E-state index contributed by atoms with van der Waals surface area (Å²) < 4.78 is 14.3. The first-order chi connectivity index (χ1) is 13.4. The highest BCUT2D eigenvalue weighted by Crippen LogP contribution is 2.18. The molecule has 0 bridgehead atoms. The summed E-state index contributed by atoms with van der Waals surface area (Å²) in [4.78, 5) is 40.8. The third-order valence-corrected chi connectivity index (χ3v) is 4.22. The zero-order valence-corrected chi connectivity index (χ0v) is 16.1. The fraction of sp³-hybridized carbons (Fsp3) is 0.350. The molecule has 0 spiro atoms. The highest BCUT2D eigenvalue weighted by Gasteiger charge is 2.22. The molecule has 1 amide bonds. The van der Waals surface area contributed by atoms with Crippen LogP contribution in [0.25, 0.3) is 6.08 Å². The maximum atomic E-state index is 13.0. The average molecular weight is 388 g/mol. The monoisotopic (exact) mass is 388 g/mol. The molecule has 7 nitrogen and oxygen atoms in total. The summed E-state index contributed by atoms with van der Waals surface area (Å²) in [5, 5.41) is 0. The van der Waals surface area contributed by atoms with Crippen LogP contribution in [0, 0.1) is 5.82 Å². The first-order valence-electron chi connectivity index (χ1n) is 9.26. The Hall–Kier alpha value is -3.16. The van der Waals surface area contributed by atoms with Crippen LogP contribution >= 0.6 is 0 Å². The van der Waals surface area contributed by atoms with Gasteiger partial charge in [-0.05, 0) is 36.6 Å². The van der Waals surface area contributed by atoms with Gasteiger partial charge in [0.25, 0.3) is 11.5 Å². The van der Waals surface area contributed by atoms with E-state index in [9.17, 15) is 18.8 Å². The molecule has 1 heterocycles. The number of benzene rings is 1. The van der Waals surface area contributed by atoms with Crippen LogP contribution in [0.5, 0.6) is 0 Å². The summed E-state index contributed by atoms with van der Waals surface area (Å²) in [6.45, 7) is 4.45. The molecule has 1 aromatic carbocycles. The quantitative estimate of drug-likeness (QED) is 0.679. The van der Waals surface area contributed by atoms with E-state index in [4.69, 9.17) is 5.73 Å². The minimum Gasteiger partial charge on any atom is -0.383 e. The van der Waals surface area contributed by atoms with Gasteiger partial charge in [0.2, 0.25) is 0 Å². The number of nitrogens with zero attached hydrogens (tertiary/aromatic N) is 2. The lowest BCUT2D eigenvalue weighted by Crippen LogP contribution is -2.41. The van der Waals surface area contributed by atoms with E-state index in [2.05, 4.69) is 4.98 Å². The molecule has 2 aromatic rings. The van der Waals surface area contributed by atoms with Crippen molar-refractivity contribution in [3.63, 3.8) is 0 Å². The fourth-order valence-corrected chi connectivity index (χ4v) is 2.76. The van der Waals surface area contributed by atoms with Gasteiger partial charge >= 0.3 is 5.69 Å². The Morgan fingerprint density at radius 3 is 2.50 bits per heavy atom. The lowest BCUT2D eigenvalue weighted by molar-refractivity contribution is -0.114. The summed E-state index contributed by atoms with van der Waals surface area (Å²) in [6, 6.07) is 5.67. The van der Waals surface area contributed by atoms with Crippen molar-refractivity contribution >= 4 is 23.5 Å². The molecule has 0 fully saturated rings. The summed E-state index contributed by atoms with van der Waals surface area (Å²) >= 11 is 0. The Balaban J connectivity index is 2.44. The van der Waals surface area contributed by atoms with Crippen LogP contribution in [-0.2, 0) is 11.3 Å². The van der Waals surface area contributed by atoms with Crippen LogP contribution in [0.4, 0.5) is 15.9 Å². The molecular weight excluding hydrogens is 363 g/mol. The van der Waals surface area contributed by atoms with Gasteiger partial charge in [-0.15, -0.1) is 0 Å². The van der Waals surface area contributed by atoms with Crippen molar-refractivity contribution in [1.82, 2.24) is 9.55 Å². The smallest absolute Gasteiger partial charge is 0.330 e. The molecule has 8 heteroatoms. The van der Waals surface area contributed by atoms with E-state index in [1.807, 2.05) is 13.8 Å². The number of hydrogen-bond donors (Lipinski definition) is 2. The van der Waals surface area contributed by atoms with Crippen molar-refractivity contribution < 1.29 is 9.18 Å². The lowest BCUT2D eigenvalue weighted by Gasteiger charge is -2.23. The van der Waals surface area contributed by atoms with Crippen LogP contribution in [0.2, 0.25) is 0 Å². The number of hydrogen-bond acceptors (Lipinski definition) is 4. The zero-order valence-electron chi connectivity index (χ0n) is 16.1. The zero-order chi connectivity index (χ0) is 20.7. The van der Waals surface area contributed by atoms with Crippen molar-refractivity contribution in [1.29, 1.82) is 0 Å². The second-order valence-electron chi connectivity index (χ2n) is 6.37. The molecule has 0 aliphatic heterocycles. The molecule has 0 aliphatic carbocycles. The molecule has 3 N–H and O–H groups in total. The standard InChI is InChI=1S/C20H25FN4O3/c1-3-5-13-24(16(26)11-8-14-6-9-15(21)10-7-14)17-18(22)25(12-4-2)20(28)23-19(17)27/h6-11H,3-5,12-13,22H2,1-2H3,(H,23,27,28)/b11-8+. The van der Waals surface area contributed by atoms with Gasteiger partial charge in [-0.1, -0.05) is 32.4 Å². The summed E-state index contributed by atoms with van der Waals surface area (Å²) in [5.74, 6) is -0.850. The molecule has 0 atom stereocenters. The highest BCUT2D eigenvalue weighted by atomic mass is 19.1. The highest BCUT2D eigenvalue weighted by molar-refractivity contribution is 6.05. The van der Waals surface area contributed by atoms with Gasteiger partial charge < -0.3 is 10.6 Å². The Labute approximate surface area is 162 Å². The van der Waals surface area contributed by atoms with Crippen LogP contribution in [0.3, 0.4) is 0 Å². The van der Waals surface area contributed by atoms with Crippen LogP contribution in [0.15, 0.2) is 39.9 Å². The average Bonchev–Trinajstić information content (AvgIpc) is 2.66. The Morgan fingerprint density at radius 2 is 1.89 bits per heavy atom. The van der Waals surface area contributed by atoms with E-state index in [0.29, 0.717) is 24.9 Å². The normalized spacial score (nSPS) is 11.1. The predicted molar refractivity (Wildman–Crippen MR) is 109 cm³/mol. The topological polar surface area (TPSA) is 101 Å². The maximum Gasteiger partial charge on any atom is 0.330 e. The molecule has 1 aromatic heterocycles. The molecule has 0 saturated heterocycles. The van der Waals surface area contributed by atoms with Gasteiger partial charge in [0.15, 0.2) is 5.69 Å². The molecule has 150 valence electrons. The number of nitrogen functional groups attached to an aromatic ring is 1. The first kappa shape index (κ1) is 21.1. The maximum absolute atomic E-state index is 13.0. The van der Waals surface area contributed by atoms with Crippen molar-refractivity contribution in [2.45, 2.75) is 39.7 Å². The number of carbonyl (C=O) groups is 1. The SMILES string of the molecule is CCCCN(C(=O)/C=C/c1ccc(F)cc1)c1c(N)n(CCC)c(=O)[nH]c1=O. The van der Waals surface area contributed by atoms with Crippen molar-refractivity contribution in [3.05, 3.63) is 62.6 Å². The van der Waals surface area contributed by atoms with Gasteiger partial charge in [-0.25, -0.2) is 9.18 Å². The molecule has 0 aliphatic rings. The van der Waals surface area contributed by atoms with Gasteiger partial charge in [0.1, 0.15) is 11.6 Å². The van der Waals surface area contributed by atoms with E-state index in [-0.39, 0.29) is 23.9 Å².